The molecule has 3 aromatic rings. The number of carbonyl (C=O) groups is 1. The summed E-state index contributed by atoms with van der Waals surface area (Å²) in [4.78, 5) is 19.7. The third-order valence-corrected chi connectivity index (χ3v) is 7.98. The van der Waals surface area contributed by atoms with Crippen LogP contribution in [0, 0.1) is 0 Å². The number of carbonyl (C=O) groups excluding carboxylic acids is 1. The monoisotopic (exact) mass is 486 g/mol. The van der Waals surface area contributed by atoms with Gasteiger partial charge in [-0.15, -0.1) is 11.3 Å². The summed E-state index contributed by atoms with van der Waals surface area (Å²) in [5, 5.41) is 5.16. The number of thiazole rings is 1. The average molecular weight is 487 g/mol. The zero-order valence-corrected chi connectivity index (χ0v) is 21.2. The number of benzene rings is 2. The minimum absolute atomic E-state index is 0.217. The molecular weight excluding hydrogens is 456 g/mol. The van der Waals surface area contributed by atoms with Crippen molar-refractivity contribution in [3.8, 4) is 11.3 Å². The van der Waals surface area contributed by atoms with E-state index in [0.29, 0.717) is 22.4 Å². The van der Waals surface area contributed by atoms with E-state index in [-0.39, 0.29) is 10.8 Å². The molecule has 0 bridgehead atoms. The Morgan fingerprint density at radius 2 is 1.70 bits per heavy atom. The average Bonchev–Trinajstić information content (AvgIpc) is 3.26. The Bertz CT molecular complexity index is 1190. The van der Waals surface area contributed by atoms with Crippen molar-refractivity contribution in [2.45, 2.75) is 38.3 Å². The first-order valence-electron chi connectivity index (χ1n) is 10.7. The maximum absolute atomic E-state index is 12.7. The summed E-state index contributed by atoms with van der Waals surface area (Å²) in [5.41, 5.74) is 3.19. The van der Waals surface area contributed by atoms with Crippen LogP contribution in [0.4, 0.5) is 5.13 Å². The van der Waals surface area contributed by atoms with Crippen molar-refractivity contribution in [3.63, 3.8) is 0 Å². The third-order valence-electron chi connectivity index (χ3n) is 5.39. The number of amides is 1. The van der Waals surface area contributed by atoms with Gasteiger partial charge in [0.2, 0.25) is 10.0 Å². The van der Waals surface area contributed by atoms with Crippen LogP contribution >= 0.6 is 11.3 Å². The van der Waals surface area contributed by atoms with Crippen LogP contribution in [0.15, 0.2) is 58.8 Å². The first-order chi connectivity index (χ1) is 15.6. The lowest BCUT2D eigenvalue weighted by Crippen LogP contribution is -2.29. The maximum atomic E-state index is 12.7. The summed E-state index contributed by atoms with van der Waals surface area (Å²) in [7, 11) is -0.482. The molecule has 0 aliphatic rings. The normalized spacial score (nSPS) is 12.0. The molecule has 33 heavy (non-hydrogen) atoms. The van der Waals surface area contributed by atoms with Crippen LogP contribution in [0.3, 0.4) is 0 Å². The smallest absolute Gasteiger partial charge is 0.257 e. The molecule has 176 valence electrons. The van der Waals surface area contributed by atoms with Crippen molar-refractivity contribution in [2.24, 2.45) is 0 Å². The van der Waals surface area contributed by atoms with Crippen LogP contribution in [0.5, 0.6) is 0 Å². The van der Waals surface area contributed by atoms with Gasteiger partial charge in [-0.2, -0.15) is 0 Å². The Morgan fingerprint density at radius 3 is 2.24 bits per heavy atom. The zero-order valence-electron chi connectivity index (χ0n) is 19.6. The molecule has 7 nitrogen and oxygen atoms in total. The second kappa shape index (κ2) is 10.6. The predicted molar refractivity (Wildman–Crippen MR) is 134 cm³/mol. The van der Waals surface area contributed by atoms with E-state index in [1.807, 2.05) is 29.6 Å². The van der Waals surface area contributed by atoms with Gasteiger partial charge in [0.15, 0.2) is 5.13 Å². The first kappa shape index (κ1) is 25.0. The minimum atomic E-state index is -3.48. The number of hydrogen-bond acceptors (Lipinski definition) is 6. The number of rotatable bonds is 9. The minimum Gasteiger partial charge on any atom is -0.298 e. The molecule has 0 atom stereocenters. The van der Waals surface area contributed by atoms with E-state index in [4.69, 9.17) is 0 Å². The van der Waals surface area contributed by atoms with E-state index in [1.165, 1.54) is 35.3 Å². The standard InChI is InChI=1S/C24H30N4O3S2/c1-6-28(17(2)3)15-18-7-9-20(10-8-18)23(29)26-24-25-22(16-32-24)19-11-13-21(14-12-19)33(30,31)27(4)5/h7-14,16-17H,6,15H2,1-5H3,(H,25,26,29). The molecule has 0 aliphatic heterocycles. The molecule has 0 radical (unpaired) electrons. The first-order valence-corrected chi connectivity index (χ1v) is 13.1. The van der Waals surface area contributed by atoms with E-state index < -0.39 is 10.0 Å². The van der Waals surface area contributed by atoms with Crippen LogP contribution in [-0.4, -0.2) is 55.2 Å². The van der Waals surface area contributed by atoms with Gasteiger partial charge in [-0.3, -0.25) is 15.0 Å². The van der Waals surface area contributed by atoms with Crippen LogP contribution < -0.4 is 5.32 Å². The third kappa shape index (κ3) is 6.05. The van der Waals surface area contributed by atoms with E-state index >= 15 is 0 Å². The molecule has 0 fully saturated rings. The van der Waals surface area contributed by atoms with Gasteiger partial charge in [0, 0.05) is 43.2 Å². The Morgan fingerprint density at radius 1 is 1.06 bits per heavy atom. The van der Waals surface area contributed by atoms with Gasteiger partial charge < -0.3 is 0 Å². The second-order valence-corrected chi connectivity index (χ2v) is 11.2. The van der Waals surface area contributed by atoms with Crippen molar-refractivity contribution in [1.29, 1.82) is 0 Å². The summed E-state index contributed by atoms with van der Waals surface area (Å²) in [5.74, 6) is -0.217. The van der Waals surface area contributed by atoms with Gasteiger partial charge >= 0.3 is 0 Å². The van der Waals surface area contributed by atoms with E-state index in [2.05, 4.69) is 36.0 Å². The number of nitrogens with one attached hydrogen (secondary N) is 1. The highest BCUT2D eigenvalue weighted by molar-refractivity contribution is 7.89. The number of nitrogens with zero attached hydrogens (tertiary/aromatic N) is 3. The van der Waals surface area contributed by atoms with Gasteiger partial charge in [0.25, 0.3) is 5.91 Å². The van der Waals surface area contributed by atoms with Gasteiger partial charge in [-0.1, -0.05) is 31.2 Å². The topological polar surface area (TPSA) is 82.6 Å². The SMILES string of the molecule is CCN(Cc1ccc(C(=O)Nc2nc(-c3ccc(S(=O)(=O)N(C)C)cc3)cs2)cc1)C(C)C. The molecule has 0 unspecified atom stereocenters. The highest BCUT2D eigenvalue weighted by atomic mass is 32.2. The molecule has 0 saturated heterocycles. The van der Waals surface area contributed by atoms with Crippen molar-refractivity contribution < 1.29 is 13.2 Å². The van der Waals surface area contributed by atoms with E-state index in [9.17, 15) is 13.2 Å². The van der Waals surface area contributed by atoms with E-state index in [0.717, 1.165) is 18.7 Å². The highest BCUT2D eigenvalue weighted by Crippen LogP contribution is 2.26. The van der Waals surface area contributed by atoms with E-state index in [1.54, 1.807) is 24.3 Å². The second-order valence-electron chi connectivity index (χ2n) is 8.16. The summed E-state index contributed by atoms with van der Waals surface area (Å²) in [6.45, 7) is 8.31. The Hall–Kier alpha value is -2.59. The molecule has 0 spiro atoms. The zero-order chi connectivity index (χ0) is 24.2. The Labute approximate surface area is 200 Å². The lowest BCUT2D eigenvalue weighted by atomic mass is 10.1. The quantitative estimate of drug-likeness (QED) is 0.480. The molecule has 0 saturated carbocycles. The largest absolute Gasteiger partial charge is 0.298 e. The van der Waals surface area contributed by atoms with Gasteiger partial charge in [-0.25, -0.2) is 17.7 Å². The van der Waals surface area contributed by atoms with Gasteiger partial charge in [0.1, 0.15) is 0 Å². The fourth-order valence-electron chi connectivity index (χ4n) is 3.30. The van der Waals surface area contributed by atoms with Gasteiger partial charge in [-0.05, 0) is 50.2 Å². The molecule has 1 heterocycles. The molecular formula is C24H30N4O3S2. The van der Waals surface area contributed by atoms with Crippen molar-refractivity contribution in [1.82, 2.24) is 14.2 Å². The number of sulfonamides is 1. The number of aromatic nitrogens is 1. The Balaban J connectivity index is 1.66. The van der Waals surface area contributed by atoms with Crippen LogP contribution in [-0.2, 0) is 16.6 Å². The summed E-state index contributed by atoms with van der Waals surface area (Å²) >= 11 is 1.32. The summed E-state index contributed by atoms with van der Waals surface area (Å²) in [6.07, 6.45) is 0. The lowest BCUT2D eigenvalue weighted by Gasteiger charge is -2.24. The van der Waals surface area contributed by atoms with Crippen LogP contribution in [0.1, 0.15) is 36.7 Å². The highest BCUT2D eigenvalue weighted by Gasteiger charge is 2.17. The summed E-state index contributed by atoms with van der Waals surface area (Å²) in [6, 6.07) is 14.6. The van der Waals surface area contributed by atoms with Crippen molar-refractivity contribution in [3.05, 3.63) is 65.0 Å². The fourth-order valence-corrected chi connectivity index (χ4v) is 4.91. The molecule has 3 rings (SSSR count). The molecule has 1 N–H and O–H groups in total. The maximum Gasteiger partial charge on any atom is 0.257 e. The van der Waals surface area contributed by atoms with Crippen molar-refractivity contribution >= 4 is 32.4 Å². The number of hydrogen-bond donors (Lipinski definition) is 1. The van der Waals surface area contributed by atoms with Gasteiger partial charge in [0.05, 0.1) is 10.6 Å². The van der Waals surface area contributed by atoms with Crippen LogP contribution in [0.25, 0.3) is 11.3 Å². The molecule has 0 aliphatic carbocycles. The lowest BCUT2D eigenvalue weighted by molar-refractivity contribution is 0.102. The molecule has 9 heteroatoms. The van der Waals surface area contributed by atoms with Crippen LogP contribution in [0.2, 0.25) is 0 Å². The molecule has 1 amide bonds. The van der Waals surface area contributed by atoms with Crippen molar-refractivity contribution in [2.75, 3.05) is 26.0 Å². The number of anilines is 1. The molecule has 2 aromatic carbocycles. The fraction of sp³-hybridized carbons (Fsp3) is 0.333. The Kier molecular flexibility index (Phi) is 8.01. The molecule has 1 aromatic heterocycles. The predicted octanol–water partition coefficient (Wildman–Crippen LogP) is 4.54. The summed E-state index contributed by atoms with van der Waals surface area (Å²) < 4.78 is 25.6.